The van der Waals surface area contributed by atoms with Crippen LogP contribution in [0.4, 0.5) is 0 Å². The third-order valence-corrected chi connectivity index (χ3v) is 3.64. The first-order valence-corrected chi connectivity index (χ1v) is 7.68. The molecule has 0 radical (unpaired) electrons. The van der Waals surface area contributed by atoms with E-state index in [1.165, 1.54) is 20.1 Å². The molecule has 0 unspecified atom stereocenters. The number of hydrogen-bond donors (Lipinski definition) is 3. The number of esters is 1. The number of ether oxygens (including phenoxy) is 2. The molecule has 0 saturated heterocycles. The first-order valence-electron chi connectivity index (χ1n) is 7.68. The van der Waals surface area contributed by atoms with Gasteiger partial charge in [-0.05, 0) is 11.6 Å². The van der Waals surface area contributed by atoms with Crippen molar-refractivity contribution >= 4 is 11.9 Å². The average Bonchev–Trinajstić information content (AvgIpc) is 2.57. The quantitative estimate of drug-likeness (QED) is 0.639. The zero-order valence-corrected chi connectivity index (χ0v) is 13.7. The van der Waals surface area contributed by atoms with Crippen LogP contribution in [0.5, 0.6) is 0 Å². The van der Waals surface area contributed by atoms with E-state index in [9.17, 15) is 14.7 Å². The van der Waals surface area contributed by atoms with Gasteiger partial charge in [-0.2, -0.15) is 0 Å². The van der Waals surface area contributed by atoms with Gasteiger partial charge in [-0.15, -0.1) is 0 Å². The number of carbonyl (C=O) groups excluding carboxylic acids is 2. The van der Waals surface area contributed by atoms with Crippen molar-refractivity contribution in [1.29, 1.82) is 0 Å². The molecule has 0 spiro atoms. The van der Waals surface area contributed by atoms with Gasteiger partial charge in [0.2, 0.25) is 11.7 Å². The molecule has 7 heteroatoms. The highest BCUT2D eigenvalue weighted by Gasteiger charge is 2.36. The molecule has 2 rings (SSSR count). The number of benzene rings is 1. The highest BCUT2D eigenvalue weighted by molar-refractivity contribution is 5.86. The summed E-state index contributed by atoms with van der Waals surface area (Å²) in [6.07, 6.45) is -0.396. The van der Waals surface area contributed by atoms with Crippen molar-refractivity contribution in [2.75, 3.05) is 13.7 Å². The van der Waals surface area contributed by atoms with Crippen LogP contribution in [-0.2, 0) is 25.6 Å². The number of aliphatic hydroxyl groups is 1. The molecule has 3 atom stereocenters. The van der Waals surface area contributed by atoms with Gasteiger partial charge >= 0.3 is 5.97 Å². The number of aliphatic hydroxyl groups excluding tert-OH is 1. The Hall–Kier alpha value is -2.38. The molecular formula is C17H22N2O5. The highest BCUT2D eigenvalue weighted by Crippen LogP contribution is 2.19. The molecule has 1 amide bonds. The molecule has 0 aromatic heterocycles. The Bertz CT molecular complexity index is 602. The van der Waals surface area contributed by atoms with Gasteiger partial charge in [0.25, 0.3) is 0 Å². The number of methoxy groups -OCH3 is 1. The molecule has 24 heavy (non-hydrogen) atoms. The first-order chi connectivity index (χ1) is 11.5. The normalized spacial score (nSPS) is 23.0. The van der Waals surface area contributed by atoms with E-state index < -0.39 is 24.2 Å². The van der Waals surface area contributed by atoms with Crippen LogP contribution in [0.25, 0.3) is 0 Å². The second-order valence-corrected chi connectivity index (χ2v) is 5.51. The molecule has 1 heterocycles. The van der Waals surface area contributed by atoms with Crippen molar-refractivity contribution in [3.8, 4) is 0 Å². The van der Waals surface area contributed by atoms with Crippen LogP contribution in [-0.4, -0.2) is 48.9 Å². The van der Waals surface area contributed by atoms with E-state index in [1.807, 2.05) is 30.3 Å². The van der Waals surface area contributed by atoms with Crippen LogP contribution in [0.15, 0.2) is 42.2 Å². The predicted octanol–water partition coefficient (Wildman–Crippen LogP) is 0.0975. The van der Waals surface area contributed by atoms with Crippen molar-refractivity contribution in [2.45, 2.75) is 31.7 Å². The maximum Gasteiger partial charge on any atom is 0.373 e. The third-order valence-electron chi connectivity index (χ3n) is 3.64. The lowest BCUT2D eigenvalue weighted by Crippen LogP contribution is -2.56. The van der Waals surface area contributed by atoms with Crippen LogP contribution in [0.3, 0.4) is 0 Å². The van der Waals surface area contributed by atoms with Crippen LogP contribution < -0.4 is 10.6 Å². The molecule has 1 aromatic carbocycles. The molecular weight excluding hydrogens is 312 g/mol. The van der Waals surface area contributed by atoms with Gasteiger partial charge < -0.3 is 25.2 Å². The summed E-state index contributed by atoms with van der Waals surface area (Å²) in [4.78, 5) is 23.0. The standard InChI is InChI=1S/C17H22N2O5/c1-11(20)19-16-13(21)8-14(17(22)23-2)24-15(16)10-18-9-12-6-4-3-5-7-12/h3-8,13,15-16,18,21H,9-10H2,1-2H3,(H,19,20)/t13-,15-,16+/m0/s1. The summed E-state index contributed by atoms with van der Waals surface area (Å²) >= 11 is 0. The summed E-state index contributed by atoms with van der Waals surface area (Å²) in [7, 11) is 1.24. The zero-order valence-electron chi connectivity index (χ0n) is 13.7. The number of hydrogen-bond acceptors (Lipinski definition) is 6. The lowest BCUT2D eigenvalue weighted by molar-refractivity contribution is -0.143. The summed E-state index contributed by atoms with van der Waals surface area (Å²) in [5.41, 5.74) is 1.09. The fourth-order valence-electron chi connectivity index (χ4n) is 2.51. The molecule has 1 aliphatic rings. The summed E-state index contributed by atoms with van der Waals surface area (Å²) in [5, 5.41) is 16.1. The smallest absolute Gasteiger partial charge is 0.373 e. The van der Waals surface area contributed by atoms with Crippen LogP contribution in [0.2, 0.25) is 0 Å². The lowest BCUT2D eigenvalue weighted by Gasteiger charge is -2.34. The van der Waals surface area contributed by atoms with E-state index >= 15 is 0 Å². The van der Waals surface area contributed by atoms with Gasteiger partial charge in [0.15, 0.2) is 0 Å². The molecule has 7 nitrogen and oxygen atoms in total. The Kier molecular flexibility index (Phi) is 6.34. The monoisotopic (exact) mass is 334 g/mol. The van der Waals surface area contributed by atoms with Gasteiger partial charge in [0.05, 0.1) is 13.2 Å². The van der Waals surface area contributed by atoms with E-state index in [1.54, 1.807) is 0 Å². The predicted molar refractivity (Wildman–Crippen MR) is 86.7 cm³/mol. The molecule has 0 saturated carbocycles. The Balaban J connectivity index is 2.03. The molecule has 0 bridgehead atoms. The van der Waals surface area contributed by atoms with Gasteiger partial charge in [-0.3, -0.25) is 4.79 Å². The second kappa shape index (κ2) is 8.47. The molecule has 3 N–H and O–H groups in total. The van der Waals surface area contributed by atoms with Crippen LogP contribution >= 0.6 is 0 Å². The van der Waals surface area contributed by atoms with E-state index in [2.05, 4.69) is 15.4 Å². The average molecular weight is 334 g/mol. The van der Waals surface area contributed by atoms with Crippen molar-refractivity contribution in [3.05, 3.63) is 47.7 Å². The number of rotatable bonds is 6. The maximum absolute atomic E-state index is 11.6. The fourth-order valence-corrected chi connectivity index (χ4v) is 2.51. The van der Waals surface area contributed by atoms with Crippen molar-refractivity contribution in [1.82, 2.24) is 10.6 Å². The molecule has 130 valence electrons. The van der Waals surface area contributed by atoms with Gasteiger partial charge in [-0.25, -0.2) is 4.79 Å². The summed E-state index contributed by atoms with van der Waals surface area (Å²) in [5.74, 6) is -1.01. The van der Waals surface area contributed by atoms with E-state index in [-0.39, 0.29) is 11.7 Å². The summed E-state index contributed by atoms with van der Waals surface area (Å²) < 4.78 is 10.2. The van der Waals surface area contributed by atoms with Gasteiger partial charge in [0, 0.05) is 20.0 Å². The van der Waals surface area contributed by atoms with E-state index in [0.29, 0.717) is 13.1 Å². The van der Waals surface area contributed by atoms with E-state index in [4.69, 9.17) is 4.74 Å². The Morgan fingerprint density at radius 1 is 1.29 bits per heavy atom. The van der Waals surface area contributed by atoms with Gasteiger partial charge in [0.1, 0.15) is 12.2 Å². The minimum atomic E-state index is -1.04. The molecule has 1 aromatic rings. The summed E-state index contributed by atoms with van der Waals surface area (Å²) in [6, 6.07) is 9.12. The second-order valence-electron chi connectivity index (χ2n) is 5.51. The number of carbonyl (C=O) groups is 2. The first kappa shape index (κ1) is 18.0. The van der Waals surface area contributed by atoms with Gasteiger partial charge in [-0.1, -0.05) is 30.3 Å². The van der Waals surface area contributed by atoms with Crippen molar-refractivity contribution in [3.63, 3.8) is 0 Å². The Morgan fingerprint density at radius 3 is 2.62 bits per heavy atom. The van der Waals surface area contributed by atoms with Crippen molar-refractivity contribution in [2.24, 2.45) is 0 Å². The minimum absolute atomic E-state index is 0.0573. The van der Waals surface area contributed by atoms with Crippen molar-refractivity contribution < 1.29 is 24.2 Å². The largest absolute Gasteiger partial charge is 0.480 e. The molecule has 1 aliphatic heterocycles. The van der Waals surface area contributed by atoms with Crippen LogP contribution in [0, 0.1) is 0 Å². The molecule has 0 fully saturated rings. The number of amides is 1. The SMILES string of the molecule is COC(=O)C1=C[C@H](O)[C@@H](NC(C)=O)[C@H](CNCc2ccccc2)O1. The maximum atomic E-state index is 11.6. The van der Waals surface area contributed by atoms with E-state index in [0.717, 1.165) is 5.56 Å². The molecule has 0 aliphatic carbocycles. The lowest BCUT2D eigenvalue weighted by atomic mass is 10.0. The Labute approximate surface area is 140 Å². The number of nitrogens with one attached hydrogen (secondary N) is 2. The zero-order chi connectivity index (χ0) is 17.5. The highest BCUT2D eigenvalue weighted by atomic mass is 16.6. The minimum Gasteiger partial charge on any atom is -0.480 e. The topological polar surface area (TPSA) is 96.9 Å². The van der Waals surface area contributed by atoms with Crippen LogP contribution in [0.1, 0.15) is 12.5 Å². The third kappa shape index (κ3) is 4.81. The fraction of sp³-hybridized carbons (Fsp3) is 0.412. The summed E-state index contributed by atoms with van der Waals surface area (Å²) in [6.45, 7) is 2.30. The Morgan fingerprint density at radius 2 is 2.00 bits per heavy atom.